The third-order valence-electron chi connectivity index (χ3n) is 15.6. The maximum absolute atomic E-state index is 12.9. The number of hydrogen-bond donors (Lipinski definition) is 0. The van der Waals surface area contributed by atoms with E-state index in [0.717, 1.165) is 96.3 Å². The summed E-state index contributed by atoms with van der Waals surface area (Å²) in [5.41, 5.74) is 0. The van der Waals surface area contributed by atoms with Crippen LogP contribution in [0.1, 0.15) is 361 Å². The van der Waals surface area contributed by atoms with Crippen LogP contribution in [-0.2, 0) is 28.6 Å². The standard InChI is InChI=1S/C76H134O6/c1-4-7-10-13-16-19-22-25-28-30-32-33-34-35-36-37-38-39-40-41-42-43-45-46-48-51-54-57-60-63-66-69-75(78)81-72-73(71-80-74(77)68-65-62-59-56-53-50-27-24-21-18-15-12-9-6-3)82-76(79)70-67-64-61-58-55-52-49-47-44-31-29-26-23-20-17-14-11-8-5-2/h7,10,16-17,19-20,25-26,28-29,32-33,35-36,73H,4-6,8-9,11-15,18,21-24,27,30-31,34,37-72H2,1-3H3/b10-7-,19-16-,20-17-,28-25-,29-26-,33-32-,36-35-. The zero-order valence-electron chi connectivity index (χ0n) is 54.5. The number of esters is 3. The largest absolute Gasteiger partial charge is 0.462 e. The number of carbonyl (C=O) groups is 3. The molecule has 0 aromatic carbocycles. The minimum absolute atomic E-state index is 0.0727. The molecule has 0 N–H and O–H groups in total. The van der Waals surface area contributed by atoms with Crippen molar-refractivity contribution in [3.8, 4) is 0 Å². The van der Waals surface area contributed by atoms with E-state index in [1.807, 2.05) is 0 Å². The Labute approximate surface area is 509 Å². The molecule has 0 aromatic heterocycles. The number of rotatable bonds is 65. The quantitative estimate of drug-likeness (QED) is 0.0261. The molecule has 0 aromatic rings. The average molecular weight is 1140 g/mol. The second-order valence-corrected chi connectivity index (χ2v) is 23.8. The zero-order valence-corrected chi connectivity index (χ0v) is 54.5. The Balaban J connectivity index is 4.23. The molecule has 0 rings (SSSR count). The lowest BCUT2D eigenvalue weighted by atomic mass is 10.0. The predicted octanol–water partition coefficient (Wildman–Crippen LogP) is 24.6. The van der Waals surface area contributed by atoms with Crippen LogP contribution < -0.4 is 0 Å². The second-order valence-electron chi connectivity index (χ2n) is 23.8. The minimum Gasteiger partial charge on any atom is -0.462 e. The van der Waals surface area contributed by atoms with Gasteiger partial charge in [0, 0.05) is 19.3 Å². The SMILES string of the molecule is CC/C=C\C/C=C\C/C=C\C/C=C\C/C=C\CCCCCCCCCCCCCCCCCC(=O)OCC(COC(=O)CCCCCCCCCCCCCCCC)OC(=O)CCCCCCCCCCC/C=C\C/C=C\CCCCC. The highest BCUT2D eigenvalue weighted by Crippen LogP contribution is 2.18. The summed E-state index contributed by atoms with van der Waals surface area (Å²) in [6.45, 7) is 6.55. The van der Waals surface area contributed by atoms with Crippen LogP contribution in [-0.4, -0.2) is 37.2 Å². The number of unbranched alkanes of at least 4 members (excludes halogenated alkanes) is 40. The third kappa shape index (κ3) is 67.4. The van der Waals surface area contributed by atoms with Gasteiger partial charge in [-0.2, -0.15) is 0 Å². The Hall–Kier alpha value is -3.41. The van der Waals surface area contributed by atoms with Gasteiger partial charge in [-0.05, 0) is 96.3 Å². The Morgan fingerprint density at radius 2 is 0.476 bits per heavy atom. The van der Waals surface area contributed by atoms with Crippen LogP contribution in [0.3, 0.4) is 0 Å². The van der Waals surface area contributed by atoms with Crippen molar-refractivity contribution >= 4 is 17.9 Å². The zero-order chi connectivity index (χ0) is 59.2. The monoisotopic (exact) mass is 1140 g/mol. The summed E-state index contributed by atoms with van der Waals surface area (Å²) in [6, 6.07) is 0. The molecule has 0 bridgehead atoms. The molecule has 6 nitrogen and oxygen atoms in total. The van der Waals surface area contributed by atoms with Gasteiger partial charge in [0.15, 0.2) is 6.10 Å². The minimum atomic E-state index is -0.777. The maximum Gasteiger partial charge on any atom is 0.306 e. The Morgan fingerprint density at radius 1 is 0.256 bits per heavy atom. The third-order valence-corrected chi connectivity index (χ3v) is 15.6. The molecular formula is C76H134O6. The Morgan fingerprint density at radius 3 is 0.768 bits per heavy atom. The average Bonchev–Trinajstić information content (AvgIpc) is 3.47. The summed E-state index contributed by atoms with van der Waals surface area (Å²) in [5.74, 6) is -0.856. The van der Waals surface area contributed by atoms with Crippen LogP contribution in [0.15, 0.2) is 85.1 Å². The lowest BCUT2D eigenvalue weighted by Gasteiger charge is -2.18. The van der Waals surface area contributed by atoms with E-state index in [9.17, 15) is 14.4 Å². The molecule has 0 amide bonds. The molecule has 0 aliphatic rings. The molecule has 0 saturated carbocycles. The lowest BCUT2D eigenvalue weighted by molar-refractivity contribution is -0.167. The number of hydrogen-bond acceptors (Lipinski definition) is 6. The van der Waals surface area contributed by atoms with E-state index in [4.69, 9.17) is 14.2 Å². The Kier molecular flexibility index (Phi) is 67.2. The highest BCUT2D eigenvalue weighted by Gasteiger charge is 2.19. The molecule has 0 fully saturated rings. The molecule has 0 radical (unpaired) electrons. The maximum atomic E-state index is 12.9. The van der Waals surface area contributed by atoms with Crippen molar-refractivity contribution < 1.29 is 28.6 Å². The highest BCUT2D eigenvalue weighted by atomic mass is 16.6. The van der Waals surface area contributed by atoms with Gasteiger partial charge >= 0.3 is 17.9 Å². The molecule has 1 unspecified atom stereocenters. The van der Waals surface area contributed by atoms with Gasteiger partial charge in [-0.25, -0.2) is 0 Å². The summed E-state index contributed by atoms with van der Waals surface area (Å²) in [5, 5.41) is 0. The first-order valence-electron chi connectivity index (χ1n) is 35.6. The first-order valence-corrected chi connectivity index (χ1v) is 35.6. The molecule has 474 valence electrons. The normalized spacial score (nSPS) is 12.6. The molecular weight excluding hydrogens is 1010 g/mol. The number of carbonyl (C=O) groups excluding carboxylic acids is 3. The van der Waals surface area contributed by atoms with Crippen LogP contribution in [0.2, 0.25) is 0 Å². The predicted molar refractivity (Wildman–Crippen MR) is 358 cm³/mol. The van der Waals surface area contributed by atoms with Crippen LogP contribution in [0, 0.1) is 0 Å². The van der Waals surface area contributed by atoms with Gasteiger partial charge in [-0.1, -0.05) is 331 Å². The first-order chi connectivity index (χ1) is 40.5. The van der Waals surface area contributed by atoms with Crippen LogP contribution in [0.4, 0.5) is 0 Å². The molecule has 0 spiro atoms. The van der Waals surface area contributed by atoms with E-state index in [1.54, 1.807) is 0 Å². The summed E-state index contributed by atoms with van der Waals surface area (Å²) in [6.07, 6.45) is 93.2. The van der Waals surface area contributed by atoms with Crippen molar-refractivity contribution in [2.75, 3.05) is 13.2 Å². The van der Waals surface area contributed by atoms with Gasteiger partial charge in [-0.15, -0.1) is 0 Å². The fraction of sp³-hybridized carbons (Fsp3) is 0.776. The summed E-state index contributed by atoms with van der Waals surface area (Å²) in [7, 11) is 0. The van der Waals surface area contributed by atoms with Crippen LogP contribution in [0.5, 0.6) is 0 Å². The van der Waals surface area contributed by atoms with Gasteiger partial charge in [-0.3, -0.25) is 14.4 Å². The smallest absolute Gasteiger partial charge is 0.306 e. The molecule has 1 atom stereocenters. The number of allylic oxidation sites excluding steroid dienone is 14. The van der Waals surface area contributed by atoms with Crippen LogP contribution in [0.25, 0.3) is 0 Å². The first kappa shape index (κ1) is 78.6. The summed E-state index contributed by atoms with van der Waals surface area (Å²) in [4.78, 5) is 38.4. The van der Waals surface area contributed by atoms with E-state index in [0.29, 0.717) is 19.3 Å². The van der Waals surface area contributed by atoms with Crippen molar-refractivity contribution in [3.63, 3.8) is 0 Å². The molecule has 82 heavy (non-hydrogen) atoms. The van der Waals surface area contributed by atoms with E-state index >= 15 is 0 Å². The highest BCUT2D eigenvalue weighted by molar-refractivity contribution is 5.71. The molecule has 0 aliphatic heterocycles. The van der Waals surface area contributed by atoms with E-state index in [1.165, 1.54) is 225 Å². The van der Waals surface area contributed by atoms with Crippen LogP contribution >= 0.6 is 0 Å². The van der Waals surface area contributed by atoms with Gasteiger partial charge in [0.2, 0.25) is 0 Å². The van der Waals surface area contributed by atoms with Crippen molar-refractivity contribution in [3.05, 3.63) is 85.1 Å². The van der Waals surface area contributed by atoms with Crippen molar-refractivity contribution in [2.45, 2.75) is 367 Å². The van der Waals surface area contributed by atoms with Gasteiger partial charge in [0.1, 0.15) is 13.2 Å². The van der Waals surface area contributed by atoms with Gasteiger partial charge in [0.25, 0.3) is 0 Å². The topological polar surface area (TPSA) is 78.9 Å². The van der Waals surface area contributed by atoms with E-state index in [2.05, 4.69) is 106 Å². The van der Waals surface area contributed by atoms with Crippen molar-refractivity contribution in [2.24, 2.45) is 0 Å². The van der Waals surface area contributed by atoms with E-state index in [-0.39, 0.29) is 31.1 Å². The van der Waals surface area contributed by atoms with Crippen molar-refractivity contribution in [1.82, 2.24) is 0 Å². The lowest BCUT2D eigenvalue weighted by Crippen LogP contribution is -2.30. The summed E-state index contributed by atoms with van der Waals surface area (Å²) < 4.78 is 17.0. The molecule has 6 heteroatoms. The fourth-order valence-electron chi connectivity index (χ4n) is 10.3. The van der Waals surface area contributed by atoms with E-state index < -0.39 is 6.10 Å². The Bertz CT molecular complexity index is 1550. The molecule has 0 saturated heterocycles. The second kappa shape index (κ2) is 70.1. The number of ether oxygens (including phenoxy) is 3. The van der Waals surface area contributed by atoms with Gasteiger partial charge in [0.05, 0.1) is 0 Å². The fourth-order valence-corrected chi connectivity index (χ4v) is 10.3. The molecule has 0 aliphatic carbocycles. The van der Waals surface area contributed by atoms with Crippen molar-refractivity contribution in [1.29, 1.82) is 0 Å². The summed E-state index contributed by atoms with van der Waals surface area (Å²) >= 11 is 0. The molecule has 0 heterocycles. The van der Waals surface area contributed by atoms with Gasteiger partial charge < -0.3 is 14.2 Å².